The lowest BCUT2D eigenvalue weighted by Crippen LogP contribution is -2.30. The minimum Gasteiger partial charge on any atom is -0.497 e. The van der Waals surface area contributed by atoms with E-state index in [0.717, 1.165) is 22.4 Å². The van der Waals surface area contributed by atoms with E-state index in [1.165, 1.54) is 21.6 Å². The molecule has 4 heterocycles. The van der Waals surface area contributed by atoms with E-state index in [0.29, 0.717) is 56.2 Å². The molecule has 7 aromatic rings. The summed E-state index contributed by atoms with van der Waals surface area (Å²) >= 11 is 1.12. The fourth-order valence-corrected chi connectivity index (χ4v) is 10.6. The lowest BCUT2D eigenvalue weighted by molar-refractivity contribution is 0.355. The molecule has 0 saturated carbocycles. The minimum atomic E-state index is -4.25. The Balaban J connectivity index is 1.46. The maximum absolute atomic E-state index is 14.7. The van der Waals surface area contributed by atoms with E-state index in [4.69, 9.17) is 18.9 Å². The van der Waals surface area contributed by atoms with Crippen LogP contribution in [0.3, 0.4) is 0 Å². The van der Waals surface area contributed by atoms with Crippen LogP contribution in [-0.2, 0) is 40.2 Å². The summed E-state index contributed by atoms with van der Waals surface area (Å²) in [5.41, 5.74) is 3.93. The van der Waals surface area contributed by atoms with Crippen LogP contribution in [0.4, 0.5) is 0 Å². The predicted molar refractivity (Wildman–Crippen MR) is 209 cm³/mol. The summed E-state index contributed by atoms with van der Waals surface area (Å²) in [5, 5.41) is 2.89. The largest absolute Gasteiger partial charge is 0.497 e. The fraction of sp³-hybridized carbons (Fsp3) is 0.205. The highest BCUT2D eigenvalue weighted by Crippen LogP contribution is 2.42. The van der Waals surface area contributed by atoms with Gasteiger partial charge in [-0.15, -0.1) is 11.3 Å². The number of fused-ring (bicyclic) bond motifs is 2. The molecule has 0 amide bonds. The second-order valence-electron chi connectivity index (χ2n) is 12.6. The quantitative estimate of drug-likeness (QED) is 0.119. The molecule has 4 aromatic heterocycles. The smallest absolute Gasteiger partial charge is 0.269 e. The highest BCUT2D eigenvalue weighted by atomic mass is 32.2. The average molecular weight is 787 g/mol. The second-order valence-corrected chi connectivity index (χ2v) is 17.5. The lowest BCUT2D eigenvalue weighted by atomic mass is 10.1. The van der Waals surface area contributed by atoms with E-state index >= 15 is 0 Å². The van der Waals surface area contributed by atoms with E-state index < -0.39 is 20.0 Å². The van der Waals surface area contributed by atoms with E-state index in [1.807, 2.05) is 36.9 Å². The first-order chi connectivity index (χ1) is 25.9. The number of methoxy groups -OCH3 is 4. The molecule has 0 aliphatic rings. The van der Waals surface area contributed by atoms with Gasteiger partial charge in [-0.05, 0) is 60.3 Å². The molecule has 0 unspecified atom stereocenters. The summed E-state index contributed by atoms with van der Waals surface area (Å²) in [6, 6.07) is 22.2. The Morgan fingerprint density at radius 1 is 0.759 bits per heavy atom. The molecule has 0 radical (unpaired) electrons. The van der Waals surface area contributed by atoms with Crippen molar-refractivity contribution < 1.29 is 35.8 Å². The lowest BCUT2D eigenvalue weighted by Gasteiger charge is -2.23. The molecular weight excluding hydrogens is 749 g/mol. The van der Waals surface area contributed by atoms with Gasteiger partial charge in [-0.1, -0.05) is 29.8 Å². The molecule has 0 saturated heterocycles. The molecule has 0 fully saturated rings. The Bertz CT molecular complexity index is 2720. The number of rotatable bonds is 13. The fourth-order valence-electron chi connectivity index (χ4n) is 6.55. The van der Waals surface area contributed by atoms with Crippen molar-refractivity contribution in [2.45, 2.75) is 29.1 Å². The Labute approximate surface area is 317 Å². The number of ether oxygens (including phenoxy) is 4. The first-order valence-corrected chi connectivity index (χ1v) is 20.4. The van der Waals surface area contributed by atoms with Crippen LogP contribution in [0.1, 0.15) is 16.7 Å². The topological polar surface area (TPSA) is 131 Å². The second kappa shape index (κ2) is 14.5. The number of benzene rings is 3. The van der Waals surface area contributed by atoms with E-state index in [1.54, 1.807) is 93.4 Å². The summed E-state index contributed by atoms with van der Waals surface area (Å²) in [7, 11) is -0.274. The standard InChI is InChI=1S/C39H38N4O8S3/c1-25-9-13-29(14-10-25)53(44,45)43-34(32-24-41(2)33-21-37(51-6)36(50-5)20-31(32)33)19-30-26(15-16-40-39(30)43)22-42(54(46,47)38-8-7-17-52-38)23-27-11-12-28(48-3)18-35(27)49-4/h7-21,24H,22-23H2,1-6H3. The number of hydrogen-bond acceptors (Lipinski definition) is 10. The third-order valence-corrected chi connectivity index (χ3v) is 14.2. The van der Waals surface area contributed by atoms with Gasteiger partial charge < -0.3 is 23.5 Å². The average Bonchev–Trinajstić information content (AvgIpc) is 3.93. The minimum absolute atomic E-state index is 0.0442. The van der Waals surface area contributed by atoms with Gasteiger partial charge in [-0.3, -0.25) is 0 Å². The Kier molecular flexibility index (Phi) is 9.91. The van der Waals surface area contributed by atoms with E-state index in [2.05, 4.69) is 4.98 Å². The van der Waals surface area contributed by atoms with Gasteiger partial charge in [0.1, 0.15) is 15.7 Å². The number of aromatic nitrogens is 3. The number of hydrogen-bond donors (Lipinski definition) is 0. The van der Waals surface area contributed by atoms with Gasteiger partial charge in [-0.2, -0.15) is 4.31 Å². The van der Waals surface area contributed by atoms with Crippen LogP contribution in [0.15, 0.2) is 106 Å². The molecule has 0 bridgehead atoms. The van der Waals surface area contributed by atoms with Gasteiger partial charge in [0.25, 0.3) is 20.0 Å². The molecule has 0 atom stereocenters. The van der Waals surface area contributed by atoms with Crippen molar-refractivity contribution in [3.8, 4) is 34.3 Å². The molecule has 280 valence electrons. The molecule has 7 rings (SSSR count). The third kappa shape index (κ3) is 6.46. The maximum atomic E-state index is 14.7. The van der Waals surface area contributed by atoms with Crippen molar-refractivity contribution in [3.05, 3.63) is 113 Å². The third-order valence-electron chi connectivity index (χ3n) is 9.36. The van der Waals surface area contributed by atoms with Crippen molar-refractivity contribution in [3.63, 3.8) is 0 Å². The summed E-state index contributed by atoms with van der Waals surface area (Å²) in [5.74, 6) is 2.02. The molecule has 0 N–H and O–H groups in total. The number of sulfonamides is 1. The van der Waals surface area contributed by atoms with Crippen LogP contribution >= 0.6 is 11.3 Å². The van der Waals surface area contributed by atoms with Crippen LogP contribution < -0.4 is 18.9 Å². The zero-order chi connectivity index (χ0) is 38.4. The van der Waals surface area contributed by atoms with E-state index in [9.17, 15) is 16.8 Å². The Morgan fingerprint density at radius 3 is 2.13 bits per heavy atom. The molecule has 12 nitrogen and oxygen atoms in total. The zero-order valence-corrected chi connectivity index (χ0v) is 32.9. The van der Waals surface area contributed by atoms with Crippen LogP contribution in [0.5, 0.6) is 23.0 Å². The van der Waals surface area contributed by atoms with Crippen molar-refractivity contribution in [1.82, 2.24) is 17.8 Å². The van der Waals surface area contributed by atoms with Crippen molar-refractivity contribution in [1.29, 1.82) is 0 Å². The van der Waals surface area contributed by atoms with Gasteiger partial charge in [-0.25, -0.2) is 25.8 Å². The molecule has 0 aliphatic heterocycles. The van der Waals surface area contributed by atoms with Crippen LogP contribution in [0.25, 0.3) is 33.2 Å². The number of nitrogens with zero attached hydrogens (tertiary/aromatic N) is 4. The molecule has 0 aliphatic carbocycles. The first-order valence-electron chi connectivity index (χ1n) is 16.7. The summed E-state index contributed by atoms with van der Waals surface area (Å²) in [6.45, 7) is 1.73. The molecule has 0 spiro atoms. The number of thiophene rings is 1. The zero-order valence-electron chi connectivity index (χ0n) is 30.4. The summed E-state index contributed by atoms with van der Waals surface area (Å²) in [6.07, 6.45) is 3.35. The summed E-state index contributed by atoms with van der Waals surface area (Å²) in [4.78, 5) is 4.70. The number of pyridine rings is 1. The SMILES string of the molecule is COc1ccc(CN(Cc2ccnc3c2cc(-c2cn(C)c4cc(OC)c(OC)cc24)n3S(=O)(=O)c2ccc(C)cc2)S(=O)(=O)c2cccs2)c(OC)c1. The van der Waals surface area contributed by atoms with Crippen molar-refractivity contribution in [2.75, 3.05) is 28.4 Å². The first kappa shape index (κ1) is 37.0. The van der Waals surface area contributed by atoms with Crippen molar-refractivity contribution in [2.24, 2.45) is 7.05 Å². The van der Waals surface area contributed by atoms with Gasteiger partial charge in [0.15, 0.2) is 17.1 Å². The molecule has 3 aromatic carbocycles. The molecular formula is C39H38N4O8S3. The summed E-state index contributed by atoms with van der Waals surface area (Å²) < 4.78 is 85.0. The monoisotopic (exact) mass is 786 g/mol. The Morgan fingerprint density at radius 2 is 1.46 bits per heavy atom. The van der Waals surface area contributed by atoms with Gasteiger partial charge in [0.05, 0.1) is 44.5 Å². The van der Waals surface area contributed by atoms with Crippen molar-refractivity contribution >= 4 is 53.3 Å². The highest BCUT2D eigenvalue weighted by Gasteiger charge is 2.31. The normalized spacial score (nSPS) is 12.1. The maximum Gasteiger partial charge on any atom is 0.269 e. The van der Waals surface area contributed by atoms with Crippen LogP contribution in [-0.4, -0.2) is 63.1 Å². The molecule has 54 heavy (non-hydrogen) atoms. The van der Waals surface area contributed by atoms with Gasteiger partial charge >= 0.3 is 0 Å². The number of aryl methyl sites for hydroxylation is 2. The van der Waals surface area contributed by atoms with Gasteiger partial charge in [0, 0.05) is 66.6 Å². The Hall–Kier alpha value is -5.35. The van der Waals surface area contributed by atoms with Crippen LogP contribution in [0, 0.1) is 6.92 Å². The molecule has 15 heteroatoms. The predicted octanol–water partition coefficient (Wildman–Crippen LogP) is 7.23. The van der Waals surface area contributed by atoms with Crippen LogP contribution in [0.2, 0.25) is 0 Å². The van der Waals surface area contributed by atoms with Gasteiger partial charge in [0.2, 0.25) is 0 Å². The van der Waals surface area contributed by atoms with E-state index in [-0.39, 0.29) is 27.8 Å². The highest BCUT2D eigenvalue weighted by molar-refractivity contribution is 7.91.